The van der Waals surface area contributed by atoms with Crippen LogP contribution in [0.15, 0.2) is 54.6 Å². The summed E-state index contributed by atoms with van der Waals surface area (Å²) in [6.45, 7) is 0.878. The van der Waals surface area contributed by atoms with Crippen LogP contribution in [0.3, 0.4) is 0 Å². The fourth-order valence-electron chi connectivity index (χ4n) is 3.36. The molecule has 1 aliphatic carbocycles. The van der Waals surface area contributed by atoms with E-state index in [0.29, 0.717) is 13.2 Å². The van der Waals surface area contributed by atoms with Crippen molar-refractivity contribution in [2.75, 3.05) is 5.73 Å². The third kappa shape index (κ3) is 4.99. The normalized spacial score (nSPS) is 14.9. The van der Waals surface area contributed by atoms with Gasteiger partial charge in [0, 0.05) is 18.3 Å². The standard InChI is InChI=1S/C21H26N2O2/c22-19-13-11-17(12-14-19)15-23(20-9-5-2-6-10-20)21(24)25-16-18-7-3-1-4-8-18/h1,3-4,7-8,11-14,20H,2,5-6,9-10,15-16,22H2. The van der Waals surface area contributed by atoms with Crippen molar-refractivity contribution in [3.63, 3.8) is 0 Å². The van der Waals surface area contributed by atoms with E-state index in [0.717, 1.165) is 29.7 Å². The molecule has 2 aromatic carbocycles. The predicted molar refractivity (Wildman–Crippen MR) is 99.9 cm³/mol. The summed E-state index contributed by atoms with van der Waals surface area (Å²) < 4.78 is 5.60. The molecule has 1 fully saturated rings. The number of nitrogen functional groups attached to an aromatic ring is 1. The van der Waals surface area contributed by atoms with Crippen LogP contribution >= 0.6 is 0 Å². The fourth-order valence-corrected chi connectivity index (χ4v) is 3.36. The number of carbonyl (C=O) groups excluding carboxylic acids is 1. The lowest BCUT2D eigenvalue weighted by Gasteiger charge is -2.33. The largest absolute Gasteiger partial charge is 0.445 e. The Morgan fingerprint density at radius 2 is 1.64 bits per heavy atom. The number of nitrogens with two attached hydrogens (primary N) is 1. The monoisotopic (exact) mass is 338 g/mol. The van der Waals surface area contributed by atoms with Gasteiger partial charge in [-0.15, -0.1) is 0 Å². The van der Waals surface area contributed by atoms with Crippen LogP contribution < -0.4 is 5.73 Å². The lowest BCUT2D eigenvalue weighted by molar-refractivity contribution is 0.0683. The molecule has 0 aromatic heterocycles. The van der Waals surface area contributed by atoms with Gasteiger partial charge in [0.25, 0.3) is 0 Å². The molecule has 0 spiro atoms. The summed E-state index contributed by atoms with van der Waals surface area (Å²) >= 11 is 0. The van der Waals surface area contributed by atoms with Gasteiger partial charge in [-0.25, -0.2) is 4.79 Å². The highest BCUT2D eigenvalue weighted by Gasteiger charge is 2.26. The van der Waals surface area contributed by atoms with Crippen molar-refractivity contribution in [1.29, 1.82) is 0 Å². The van der Waals surface area contributed by atoms with Crippen molar-refractivity contribution in [2.45, 2.75) is 51.3 Å². The number of amides is 1. The molecule has 1 saturated carbocycles. The lowest BCUT2D eigenvalue weighted by Crippen LogP contribution is -2.41. The highest BCUT2D eigenvalue weighted by Crippen LogP contribution is 2.25. The summed E-state index contributed by atoms with van der Waals surface area (Å²) in [5, 5.41) is 0. The van der Waals surface area contributed by atoms with Crippen LogP contribution in [0.25, 0.3) is 0 Å². The summed E-state index contributed by atoms with van der Waals surface area (Å²) in [5.74, 6) is 0. The molecule has 0 aliphatic heterocycles. The first-order valence-electron chi connectivity index (χ1n) is 9.04. The molecule has 0 unspecified atom stereocenters. The minimum Gasteiger partial charge on any atom is -0.445 e. The zero-order valence-electron chi connectivity index (χ0n) is 14.6. The molecule has 132 valence electrons. The SMILES string of the molecule is Nc1ccc(CN(C(=O)OCc2ccccc2)C2CCCCC2)cc1. The van der Waals surface area contributed by atoms with Crippen LogP contribution in [0.1, 0.15) is 43.2 Å². The maximum atomic E-state index is 12.8. The van der Waals surface area contributed by atoms with Crippen LogP contribution in [0.4, 0.5) is 10.5 Å². The number of hydrogen-bond acceptors (Lipinski definition) is 3. The van der Waals surface area contributed by atoms with Crippen LogP contribution in [-0.4, -0.2) is 17.0 Å². The molecule has 0 atom stereocenters. The van der Waals surface area contributed by atoms with Crippen LogP contribution in [0.5, 0.6) is 0 Å². The first-order valence-corrected chi connectivity index (χ1v) is 9.04. The Morgan fingerprint density at radius 3 is 2.32 bits per heavy atom. The predicted octanol–water partition coefficient (Wildman–Crippen LogP) is 4.74. The zero-order valence-corrected chi connectivity index (χ0v) is 14.6. The Bertz CT molecular complexity index is 664. The Hall–Kier alpha value is -2.49. The van der Waals surface area contributed by atoms with Crippen molar-refractivity contribution >= 4 is 11.8 Å². The molecule has 1 amide bonds. The molecular weight excluding hydrogens is 312 g/mol. The van der Waals surface area contributed by atoms with Gasteiger partial charge >= 0.3 is 6.09 Å². The number of hydrogen-bond donors (Lipinski definition) is 1. The second-order valence-corrected chi connectivity index (χ2v) is 6.70. The number of anilines is 1. The first-order chi connectivity index (χ1) is 12.2. The topological polar surface area (TPSA) is 55.6 Å². The average Bonchev–Trinajstić information content (AvgIpc) is 2.67. The average molecular weight is 338 g/mol. The third-order valence-corrected chi connectivity index (χ3v) is 4.79. The van der Waals surface area contributed by atoms with Gasteiger partial charge in [-0.2, -0.15) is 0 Å². The highest BCUT2D eigenvalue weighted by molar-refractivity contribution is 5.68. The minimum absolute atomic E-state index is 0.229. The molecular formula is C21H26N2O2. The second-order valence-electron chi connectivity index (χ2n) is 6.70. The van der Waals surface area contributed by atoms with Gasteiger partial charge in [0.1, 0.15) is 6.61 Å². The Kier molecular flexibility index (Phi) is 5.94. The lowest BCUT2D eigenvalue weighted by atomic mass is 9.94. The molecule has 25 heavy (non-hydrogen) atoms. The van der Waals surface area contributed by atoms with Crippen LogP contribution in [0, 0.1) is 0 Å². The highest BCUT2D eigenvalue weighted by atomic mass is 16.6. The van der Waals surface area contributed by atoms with Gasteiger partial charge in [0.05, 0.1) is 0 Å². The van der Waals surface area contributed by atoms with E-state index in [1.807, 2.05) is 59.5 Å². The van der Waals surface area contributed by atoms with Gasteiger partial charge < -0.3 is 15.4 Å². The number of carbonyl (C=O) groups is 1. The Morgan fingerprint density at radius 1 is 0.960 bits per heavy atom. The maximum absolute atomic E-state index is 12.8. The smallest absolute Gasteiger partial charge is 0.410 e. The molecule has 3 rings (SSSR count). The summed E-state index contributed by atoms with van der Waals surface area (Å²) in [4.78, 5) is 14.7. The number of nitrogens with zero attached hydrogens (tertiary/aromatic N) is 1. The van der Waals surface area contributed by atoms with E-state index in [1.165, 1.54) is 19.3 Å². The second kappa shape index (κ2) is 8.56. The quantitative estimate of drug-likeness (QED) is 0.801. The fraction of sp³-hybridized carbons (Fsp3) is 0.381. The molecule has 0 heterocycles. The summed E-state index contributed by atoms with van der Waals surface area (Å²) in [5.41, 5.74) is 8.59. The van der Waals surface area contributed by atoms with Crippen LogP contribution in [-0.2, 0) is 17.9 Å². The molecule has 2 aromatic rings. The molecule has 0 radical (unpaired) electrons. The third-order valence-electron chi connectivity index (χ3n) is 4.79. The van der Waals surface area contributed by atoms with Gasteiger partial charge in [-0.3, -0.25) is 0 Å². The summed E-state index contributed by atoms with van der Waals surface area (Å²) in [7, 11) is 0. The van der Waals surface area contributed by atoms with Crippen LogP contribution in [0.2, 0.25) is 0 Å². The van der Waals surface area contributed by atoms with Crippen molar-refractivity contribution in [3.8, 4) is 0 Å². The van der Waals surface area contributed by atoms with E-state index >= 15 is 0 Å². The number of benzene rings is 2. The van der Waals surface area contributed by atoms with E-state index in [1.54, 1.807) is 0 Å². The van der Waals surface area contributed by atoms with Gasteiger partial charge in [-0.05, 0) is 36.1 Å². The summed E-state index contributed by atoms with van der Waals surface area (Å²) in [6.07, 6.45) is 5.48. The number of rotatable bonds is 5. The zero-order chi connectivity index (χ0) is 17.5. The van der Waals surface area contributed by atoms with E-state index in [2.05, 4.69) is 0 Å². The molecule has 0 bridgehead atoms. The van der Waals surface area contributed by atoms with Crippen molar-refractivity contribution in [1.82, 2.24) is 4.90 Å². The number of ether oxygens (including phenoxy) is 1. The molecule has 0 saturated heterocycles. The molecule has 4 heteroatoms. The van der Waals surface area contributed by atoms with Crippen molar-refractivity contribution < 1.29 is 9.53 Å². The van der Waals surface area contributed by atoms with Gasteiger partial charge in [-0.1, -0.05) is 61.7 Å². The Labute approximate surface area is 149 Å². The summed E-state index contributed by atoms with van der Waals surface area (Å²) in [6, 6.07) is 17.8. The first kappa shape index (κ1) is 17.3. The maximum Gasteiger partial charge on any atom is 0.410 e. The van der Waals surface area contributed by atoms with Crippen molar-refractivity contribution in [2.24, 2.45) is 0 Å². The van der Waals surface area contributed by atoms with Gasteiger partial charge in [0.15, 0.2) is 0 Å². The van der Waals surface area contributed by atoms with E-state index < -0.39 is 0 Å². The van der Waals surface area contributed by atoms with Crippen molar-refractivity contribution in [3.05, 3.63) is 65.7 Å². The van der Waals surface area contributed by atoms with E-state index in [-0.39, 0.29) is 12.1 Å². The van der Waals surface area contributed by atoms with E-state index in [4.69, 9.17) is 10.5 Å². The molecule has 4 nitrogen and oxygen atoms in total. The Balaban J connectivity index is 1.68. The van der Waals surface area contributed by atoms with Gasteiger partial charge in [0.2, 0.25) is 0 Å². The minimum atomic E-state index is -0.229. The van der Waals surface area contributed by atoms with E-state index in [9.17, 15) is 4.79 Å². The molecule has 2 N–H and O–H groups in total. The molecule has 1 aliphatic rings.